The standard InChI is InChI=1S/C18H18N4O/c1-23-16-8-3-2-7-15(16)18-21-9-10-22(18)12-13-5-4-6-14(11-13)17(19)20/h2-11H,12H2,1H3,(H3,19,20). The lowest BCUT2D eigenvalue weighted by Gasteiger charge is -2.11. The van der Waals surface area contributed by atoms with Crippen molar-refractivity contribution in [3.8, 4) is 17.1 Å². The molecule has 0 amide bonds. The summed E-state index contributed by atoms with van der Waals surface area (Å²) in [6, 6.07) is 15.5. The summed E-state index contributed by atoms with van der Waals surface area (Å²) in [5, 5.41) is 7.55. The molecule has 2 aromatic carbocycles. The Morgan fingerprint density at radius 3 is 2.83 bits per heavy atom. The molecule has 5 nitrogen and oxygen atoms in total. The van der Waals surface area contributed by atoms with E-state index in [9.17, 15) is 0 Å². The highest BCUT2D eigenvalue weighted by Gasteiger charge is 2.11. The van der Waals surface area contributed by atoms with Crippen molar-refractivity contribution in [3.63, 3.8) is 0 Å². The highest BCUT2D eigenvalue weighted by molar-refractivity contribution is 5.95. The molecule has 0 spiro atoms. The van der Waals surface area contributed by atoms with Crippen LogP contribution in [0.25, 0.3) is 11.4 Å². The topological polar surface area (TPSA) is 76.9 Å². The molecule has 3 N–H and O–H groups in total. The Hall–Kier alpha value is -3.08. The third kappa shape index (κ3) is 3.08. The first-order valence-electron chi connectivity index (χ1n) is 7.27. The van der Waals surface area contributed by atoms with Crippen molar-refractivity contribution in [1.29, 1.82) is 5.41 Å². The summed E-state index contributed by atoms with van der Waals surface area (Å²) in [4.78, 5) is 4.46. The zero-order valence-electron chi connectivity index (χ0n) is 12.9. The molecule has 0 saturated heterocycles. The van der Waals surface area contributed by atoms with Gasteiger partial charge in [-0.25, -0.2) is 4.98 Å². The molecule has 1 aromatic heterocycles. The molecular weight excluding hydrogens is 288 g/mol. The first-order valence-corrected chi connectivity index (χ1v) is 7.27. The van der Waals surface area contributed by atoms with Gasteiger partial charge in [0.15, 0.2) is 0 Å². The van der Waals surface area contributed by atoms with E-state index in [-0.39, 0.29) is 5.84 Å². The number of benzene rings is 2. The van der Waals surface area contributed by atoms with Gasteiger partial charge in [0.1, 0.15) is 17.4 Å². The van der Waals surface area contributed by atoms with Crippen molar-refractivity contribution in [2.45, 2.75) is 6.54 Å². The average Bonchev–Trinajstić information content (AvgIpc) is 3.03. The minimum atomic E-state index is 0.0717. The van der Waals surface area contributed by atoms with E-state index in [4.69, 9.17) is 15.9 Å². The fourth-order valence-electron chi connectivity index (χ4n) is 2.54. The molecule has 3 rings (SSSR count). The minimum Gasteiger partial charge on any atom is -0.496 e. The third-order valence-electron chi connectivity index (χ3n) is 3.65. The maximum Gasteiger partial charge on any atom is 0.143 e. The normalized spacial score (nSPS) is 10.5. The monoisotopic (exact) mass is 306 g/mol. The number of methoxy groups -OCH3 is 1. The van der Waals surface area contributed by atoms with Crippen LogP contribution >= 0.6 is 0 Å². The van der Waals surface area contributed by atoms with E-state index in [2.05, 4.69) is 9.55 Å². The van der Waals surface area contributed by atoms with E-state index in [1.165, 1.54) is 0 Å². The van der Waals surface area contributed by atoms with Gasteiger partial charge in [0.2, 0.25) is 0 Å². The predicted molar refractivity (Wildman–Crippen MR) is 90.8 cm³/mol. The first-order chi connectivity index (χ1) is 11.2. The first kappa shape index (κ1) is 14.8. The molecule has 0 saturated carbocycles. The maximum atomic E-state index is 7.55. The molecule has 116 valence electrons. The van der Waals surface area contributed by atoms with Gasteiger partial charge in [0.05, 0.1) is 12.7 Å². The SMILES string of the molecule is COc1ccccc1-c1nccn1Cc1cccc(C(=N)N)c1. The van der Waals surface area contributed by atoms with Crippen molar-refractivity contribution >= 4 is 5.84 Å². The van der Waals surface area contributed by atoms with Gasteiger partial charge in [-0.1, -0.05) is 30.3 Å². The number of aromatic nitrogens is 2. The smallest absolute Gasteiger partial charge is 0.143 e. The number of nitrogens with one attached hydrogen (secondary N) is 1. The fourth-order valence-corrected chi connectivity index (χ4v) is 2.54. The van der Waals surface area contributed by atoms with E-state index in [0.717, 1.165) is 28.3 Å². The van der Waals surface area contributed by atoms with Gasteiger partial charge < -0.3 is 15.0 Å². The van der Waals surface area contributed by atoms with Gasteiger partial charge >= 0.3 is 0 Å². The van der Waals surface area contributed by atoms with Crippen molar-refractivity contribution in [1.82, 2.24) is 9.55 Å². The molecule has 0 radical (unpaired) electrons. The summed E-state index contributed by atoms with van der Waals surface area (Å²) in [6.07, 6.45) is 3.71. The quantitative estimate of drug-likeness (QED) is 0.562. The number of para-hydroxylation sites is 1. The number of nitrogens with two attached hydrogens (primary N) is 1. The molecule has 5 heteroatoms. The lowest BCUT2D eigenvalue weighted by molar-refractivity contribution is 0.416. The van der Waals surface area contributed by atoms with Crippen LogP contribution in [-0.4, -0.2) is 22.5 Å². The summed E-state index contributed by atoms with van der Waals surface area (Å²) < 4.78 is 7.48. The number of hydrogen-bond donors (Lipinski definition) is 2. The van der Waals surface area contributed by atoms with Crippen LogP contribution in [0.3, 0.4) is 0 Å². The second-order valence-corrected chi connectivity index (χ2v) is 5.19. The van der Waals surface area contributed by atoms with Crippen LogP contribution in [0, 0.1) is 5.41 Å². The Labute approximate surface area is 134 Å². The summed E-state index contributed by atoms with van der Waals surface area (Å²) in [5.74, 6) is 1.70. The largest absolute Gasteiger partial charge is 0.496 e. The van der Waals surface area contributed by atoms with Crippen LogP contribution in [0.4, 0.5) is 0 Å². The van der Waals surface area contributed by atoms with Crippen LogP contribution in [0.5, 0.6) is 5.75 Å². The van der Waals surface area contributed by atoms with E-state index in [1.807, 2.05) is 54.7 Å². The van der Waals surface area contributed by atoms with Crippen molar-refractivity contribution in [2.75, 3.05) is 7.11 Å². The Balaban J connectivity index is 1.96. The summed E-state index contributed by atoms with van der Waals surface area (Å²) in [5.41, 5.74) is 8.29. The fraction of sp³-hybridized carbons (Fsp3) is 0.111. The predicted octanol–water partition coefficient (Wildman–Crippen LogP) is 2.89. The summed E-state index contributed by atoms with van der Waals surface area (Å²) in [7, 11) is 1.66. The second kappa shape index (κ2) is 6.36. The van der Waals surface area contributed by atoms with E-state index < -0.39 is 0 Å². The number of nitrogens with zero attached hydrogens (tertiary/aromatic N) is 2. The molecule has 23 heavy (non-hydrogen) atoms. The van der Waals surface area contributed by atoms with E-state index in [1.54, 1.807) is 13.3 Å². The van der Waals surface area contributed by atoms with E-state index >= 15 is 0 Å². The maximum absolute atomic E-state index is 7.55. The number of imidazole rings is 1. The number of amidine groups is 1. The number of hydrogen-bond acceptors (Lipinski definition) is 3. The summed E-state index contributed by atoms with van der Waals surface area (Å²) >= 11 is 0. The van der Waals surface area contributed by atoms with Gasteiger partial charge in [-0.2, -0.15) is 0 Å². The van der Waals surface area contributed by atoms with Gasteiger partial charge in [0.25, 0.3) is 0 Å². The lowest BCUT2D eigenvalue weighted by Crippen LogP contribution is -2.11. The van der Waals surface area contributed by atoms with Crippen LogP contribution in [0.15, 0.2) is 60.9 Å². The molecule has 1 heterocycles. The van der Waals surface area contributed by atoms with Crippen LogP contribution < -0.4 is 10.5 Å². The van der Waals surface area contributed by atoms with Crippen LogP contribution in [0.1, 0.15) is 11.1 Å². The minimum absolute atomic E-state index is 0.0717. The van der Waals surface area contributed by atoms with Gasteiger partial charge in [-0.05, 0) is 23.8 Å². The van der Waals surface area contributed by atoms with Gasteiger partial charge in [-0.3, -0.25) is 5.41 Å². The zero-order chi connectivity index (χ0) is 16.2. The Morgan fingerprint density at radius 2 is 2.04 bits per heavy atom. The van der Waals surface area contributed by atoms with Gasteiger partial charge in [-0.15, -0.1) is 0 Å². The van der Waals surface area contributed by atoms with Gasteiger partial charge in [0, 0.05) is 24.5 Å². The Bertz CT molecular complexity index is 838. The van der Waals surface area contributed by atoms with Crippen molar-refractivity contribution in [2.24, 2.45) is 5.73 Å². The average molecular weight is 306 g/mol. The molecule has 0 fully saturated rings. The van der Waals surface area contributed by atoms with Crippen LogP contribution in [-0.2, 0) is 6.54 Å². The molecule has 0 aliphatic heterocycles. The molecule has 0 unspecified atom stereocenters. The lowest BCUT2D eigenvalue weighted by atomic mass is 10.1. The number of ether oxygens (including phenoxy) is 1. The molecule has 0 atom stereocenters. The highest BCUT2D eigenvalue weighted by Crippen LogP contribution is 2.28. The molecule has 0 aliphatic rings. The number of rotatable bonds is 5. The molecular formula is C18H18N4O. The third-order valence-corrected chi connectivity index (χ3v) is 3.65. The Kier molecular flexibility index (Phi) is 4.10. The van der Waals surface area contributed by atoms with Crippen molar-refractivity contribution < 1.29 is 4.74 Å². The molecule has 0 aliphatic carbocycles. The van der Waals surface area contributed by atoms with Crippen LogP contribution in [0.2, 0.25) is 0 Å². The summed E-state index contributed by atoms with van der Waals surface area (Å²) in [6.45, 7) is 0.647. The second-order valence-electron chi connectivity index (χ2n) is 5.19. The molecule has 3 aromatic rings. The van der Waals surface area contributed by atoms with Crippen molar-refractivity contribution in [3.05, 3.63) is 72.1 Å². The van der Waals surface area contributed by atoms with E-state index in [0.29, 0.717) is 6.54 Å². The molecule has 0 bridgehead atoms. The highest BCUT2D eigenvalue weighted by atomic mass is 16.5. The zero-order valence-corrected chi connectivity index (χ0v) is 12.9. The number of nitrogen functional groups attached to an aromatic ring is 1. The Morgan fingerprint density at radius 1 is 1.22 bits per heavy atom.